The van der Waals surface area contributed by atoms with Crippen molar-refractivity contribution in [1.29, 1.82) is 0 Å². The third-order valence-electron chi connectivity index (χ3n) is 5.45. The molecule has 0 spiro atoms. The molecule has 2 heteroatoms. The first kappa shape index (κ1) is 16.5. The Labute approximate surface area is 145 Å². The van der Waals surface area contributed by atoms with Crippen LogP contribution < -0.4 is 0 Å². The topological polar surface area (TPSA) is 17.8 Å². The molecule has 0 atom stereocenters. The third kappa shape index (κ3) is 2.56. The molecule has 2 aromatic carbocycles. The minimum atomic E-state index is 1.06. The lowest BCUT2D eigenvalue weighted by atomic mass is 9.93. The maximum Gasteiger partial charge on any atom is 0.0963 e. The van der Waals surface area contributed by atoms with Gasteiger partial charge in [-0.2, -0.15) is 0 Å². The largest absolute Gasteiger partial charge is 0.333 e. The van der Waals surface area contributed by atoms with Crippen molar-refractivity contribution in [3.63, 3.8) is 0 Å². The zero-order valence-electron chi connectivity index (χ0n) is 15.8. The first-order chi connectivity index (χ1) is 11.3. The van der Waals surface area contributed by atoms with Crippen molar-refractivity contribution in [2.75, 3.05) is 0 Å². The molecule has 3 aromatic rings. The molecule has 0 aliphatic heterocycles. The third-order valence-corrected chi connectivity index (χ3v) is 5.45. The van der Waals surface area contributed by atoms with Crippen LogP contribution in [0.3, 0.4) is 0 Å². The molecule has 1 aromatic heterocycles. The average Bonchev–Trinajstić information content (AvgIpc) is 2.92. The van der Waals surface area contributed by atoms with Gasteiger partial charge in [0.05, 0.1) is 17.7 Å². The van der Waals surface area contributed by atoms with E-state index in [1.54, 1.807) is 0 Å². The van der Waals surface area contributed by atoms with Crippen molar-refractivity contribution in [1.82, 2.24) is 9.55 Å². The molecule has 0 unspecified atom stereocenters. The van der Waals surface area contributed by atoms with Gasteiger partial charge in [0.1, 0.15) is 0 Å². The van der Waals surface area contributed by atoms with Gasteiger partial charge in [-0.3, -0.25) is 0 Å². The lowest BCUT2D eigenvalue weighted by Gasteiger charge is -2.15. The molecule has 2 nitrogen and oxygen atoms in total. The summed E-state index contributed by atoms with van der Waals surface area (Å²) >= 11 is 0. The van der Waals surface area contributed by atoms with Crippen molar-refractivity contribution < 1.29 is 0 Å². The Hall–Kier alpha value is -2.35. The van der Waals surface area contributed by atoms with Crippen molar-refractivity contribution in [2.45, 2.75) is 41.5 Å². The summed E-state index contributed by atoms with van der Waals surface area (Å²) in [5, 5.41) is 0. The van der Waals surface area contributed by atoms with Crippen LogP contribution in [0.15, 0.2) is 30.6 Å². The summed E-state index contributed by atoms with van der Waals surface area (Å²) in [6.45, 7) is 13.1. The van der Waals surface area contributed by atoms with E-state index in [0.29, 0.717) is 0 Å². The predicted molar refractivity (Wildman–Crippen MR) is 103 cm³/mol. The van der Waals surface area contributed by atoms with Crippen LogP contribution in [0.2, 0.25) is 0 Å². The second kappa shape index (κ2) is 5.94. The molecular formula is C22H26N2. The number of benzene rings is 2. The lowest BCUT2D eigenvalue weighted by molar-refractivity contribution is 0.920. The molecule has 0 radical (unpaired) electrons. The zero-order chi connectivity index (χ0) is 17.6. The van der Waals surface area contributed by atoms with Crippen LogP contribution in [-0.2, 0) is 7.05 Å². The SMILES string of the molecule is Cc1cc(-c2ncn(C)c2-c2ccc(C)c(C)c2C)cc(C)c1C. The predicted octanol–water partition coefficient (Wildman–Crippen LogP) is 5.60. The van der Waals surface area contributed by atoms with E-state index in [-0.39, 0.29) is 0 Å². The maximum absolute atomic E-state index is 4.73. The van der Waals surface area contributed by atoms with Gasteiger partial charge in [-0.15, -0.1) is 0 Å². The second-order valence-corrected chi connectivity index (χ2v) is 6.97. The smallest absolute Gasteiger partial charge is 0.0963 e. The van der Waals surface area contributed by atoms with E-state index in [1.165, 1.54) is 50.2 Å². The van der Waals surface area contributed by atoms with Crippen LogP contribution in [0.4, 0.5) is 0 Å². The van der Waals surface area contributed by atoms with Crippen molar-refractivity contribution in [2.24, 2.45) is 7.05 Å². The molecule has 0 aliphatic carbocycles. The zero-order valence-corrected chi connectivity index (χ0v) is 15.8. The number of imidazole rings is 1. The van der Waals surface area contributed by atoms with Crippen LogP contribution in [0, 0.1) is 41.5 Å². The number of rotatable bonds is 2. The molecule has 0 amide bonds. The number of aryl methyl sites for hydroxylation is 4. The molecular weight excluding hydrogens is 292 g/mol. The fraction of sp³-hybridized carbons (Fsp3) is 0.318. The van der Waals surface area contributed by atoms with E-state index >= 15 is 0 Å². The summed E-state index contributed by atoms with van der Waals surface area (Å²) in [6.07, 6.45) is 1.92. The molecule has 0 fully saturated rings. The summed E-state index contributed by atoms with van der Waals surface area (Å²) in [5.41, 5.74) is 12.7. The normalized spacial score (nSPS) is 11.1. The Balaban J connectivity index is 2.27. The highest BCUT2D eigenvalue weighted by Gasteiger charge is 2.17. The van der Waals surface area contributed by atoms with E-state index in [0.717, 1.165) is 5.69 Å². The number of hydrogen-bond acceptors (Lipinski definition) is 1. The fourth-order valence-electron chi connectivity index (χ4n) is 3.34. The molecule has 3 rings (SSSR count). The van der Waals surface area contributed by atoms with Gasteiger partial charge in [-0.25, -0.2) is 4.98 Å². The monoisotopic (exact) mass is 318 g/mol. The van der Waals surface area contributed by atoms with Crippen LogP contribution in [0.25, 0.3) is 22.5 Å². The summed E-state index contributed by atoms with van der Waals surface area (Å²) in [7, 11) is 2.08. The maximum atomic E-state index is 4.73. The van der Waals surface area contributed by atoms with E-state index in [1.807, 2.05) is 6.33 Å². The van der Waals surface area contributed by atoms with Gasteiger partial charge in [0.2, 0.25) is 0 Å². The Kier molecular flexibility index (Phi) is 4.08. The van der Waals surface area contributed by atoms with Crippen molar-refractivity contribution in [3.8, 4) is 22.5 Å². The highest BCUT2D eigenvalue weighted by molar-refractivity contribution is 5.81. The van der Waals surface area contributed by atoms with Crippen LogP contribution >= 0.6 is 0 Å². The van der Waals surface area contributed by atoms with Gasteiger partial charge >= 0.3 is 0 Å². The molecule has 1 heterocycles. The molecule has 0 N–H and O–H groups in total. The first-order valence-electron chi connectivity index (χ1n) is 8.48. The first-order valence-corrected chi connectivity index (χ1v) is 8.48. The Morgan fingerprint density at radius 2 is 1.38 bits per heavy atom. The summed E-state index contributed by atoms with van der Waals surface area (Å²) in [4.78, 5) is 4.73. The molecule has 124 valence electrons. The van der Waals surface area contributed by atoms with Gasteiger partial charge < -0.3 is 4.57 Å². The quantitative estimate of drug-likeness (QED) is 0.601. The van der Waals surface area contributed by atoms with Gasteiger partial charge in [-0.1, -0.05) is 12.1 Å². The van der Waals surface area contributed by atoms with Crippen molar-refractivity contribution in [3.05, 3.63) is 64.0 Å². The van der Waals surface area contributed by atoms with Crippen LogP contribution in [-0.4, -0.2) is 9.55 Å². The summed E-state index contributed by atoms with van der Waals surface area (Å²) in [5.74, 6) is 0. The fourth-order valence-corrected chi connectivity index (χ4v) is 3.34. The Morgan fingerprint density at radius 1 is 0.750 bits per heavy atom. The second-order valence-electron chi connectivity index (χ2n) is 6.97. The number of nitrogens with zero attached hydrogens (tertiary/aromatic N) is 2. The average molecular weight is 318 g/mol. The minimum Gasteiger partial charge on any atom is -0.333 e. The Bertz CT molecular complexity index is 906. The van der Waals surface area contributed by atoms with Crippen molar-refractivity contribution >= 4 is 0 Å². The summed E-state index contributed by atoms with van der Waals surface area (Å²) < 4.78 is 2.14. The molecule has 24 heavy (non-hydrogen) atoms. The molecule has 0 saturated heterocycles. The van der Waals surface area contributed by atoms with Gasteiger partial charge in [-0.05, 0) is 87.1 Å². The minimum absolute atomic E-state index is 1.06. The molecule has 0 aliphatic rings. The molecule has 0 saturated carbocycles. The highest BCUT2D eigenvalue weighted by Crippen LogP contribution is 2.35. The standard InChI is InChI=1S/C22H26N2/c1-13-8-9-20(18(6)17(13)5)22-21(23-12-24(22)7)19-10-14(2)16(4)15(3)11-19/h8-12H,1-7H3. The number of aromatic nitrogens is 2. The van der Waals surface area contributed by atoms with E-state index in [4.69, 9.17) is 4.98 Å². The van der Waals surface area contributed by atoms with Gasteiger partial charge in [0.15, 0.2) is 0 Å². The van der Waals surface area contributed by atoms with Crippen LogP contribution in [0.5, 0.6) is 0 Å². The van der Waals surface area contributed by atoms with Gasteiger partial charge in [0.25, 0.3) is 0 Å². The van der Waals surface area contributed by atoms with E-state index in [2.05, 4.69) is 77.4 Å². The van der Waals surface area contributed by atoms with E-state index < -0.39 is 0 Å². The van der Waals surface area contributed by atoms with E-state index in [9.17, 15) is 0 Å². The summed E-state index contributed by atoms with van der Waals surface area (Å²) in [6, 6.07) is 8.95. The Morgan fingerprint density at radius 3 is 2.00 bits per heavy atom. The van der Waals surface area contributed by atoms with Crippen LogP contribution in [0.1, 0.15) is 33.4 Å². The highest BCUT2D eigenvalue weighted by atomic mass is 15.0. The lowest BCUT2D eigenvalue weighted by Crippen LogP contribution is -1.97. The van der Waals surface area contributed by atoms with Gasteiger partial charge in [0, 0.05) is 18.2 Å². The number of hydrogen-bond donors (Lipinski definition) is 0. The molecule has 0 bridgehead atoms.